The lowest BCUT2D eigenvalue weighted by Crippen LogP contribution is -2.43. The van der Waals surface area contributed by atoms with Gasteiger partial charge in [0.1, 0.15) is 0 Å². The van der Waals surface area contributed by atoms with Crippen molar-refractivity contribution in [3.8, 4) is 0 Å². The molecule has 0 atom stereocenters. The van der Waals surface area contributed by atoms with Crippen molar-refractivity contribution in [3.05, 3.63) is 88.5 Å². The van der Waals surface area contributed by atoms with Crippen molar-refractivity contribution in [3.63, 3.8) is 0 Å². The number of carbonyl (C=O) groups excluding carboxylic acids is 2. The topological polar surface area (TPSA) is 106 Å². The molecule has 1 fully saturated rings. The van der Waals surface area contributed by atoms with Crippen molar-refractivity contribution in [1.29, 1.82) is 0 Å². The van der Waals surface area contributed by atoms with Gasteiger partial charge in [0.15, 0.2) is 5.82 Å². The average molecular weight is 532 g/mol. The SMILES string of the molecule is CC(C)c1c(C(N)=O)ccc(N(c2cccc(C(N)=O)c2F)C2CCN(Cc3ccncc3)CC2)c1C(C)C. The molecule has 2 aromatic carbocycles. The number of primary amides is 2. The number of aromatic nitrogens is 1. The Morgan fingerprint density at radius 3 is 2.08 bits per heavy atom. The maximum absolute atomic E-state index is 15.9. The molecule has 0 radical (unpaired) electrons. The van der Waals surface area contributed by atoms with Crippen molar-refractivity contribution < 1.29 is 14.0 Å². The van der Waals surface area contributed by atoms with Crippen LogP contribution in [0.25, 0.3) is 0 Å². The van der Waals surface area contributed by atoms with Gasteiger partial charge in [-0.1, -0.05) is 33.8 Å². The Labute approximate surface area is 230 Å². The summed E-state index contributed by atoms with van der Waals surface area (Å²) in [7, 11) is 0. The molecule has 0 spiro atoms. The quantitative estimate of drug-likeness (QED) is 0.381. The predicted molar refractivity (Wildman–Crippen MR) is 153 cm³/mol. The van der Waals surface area contributed by atoms with Gasteiger partial charge < -0.3 is 16.4 Å². The minimum absolute atomic E-state index is 0.0238. The smallest absolute Gasteiger partial charge is 0.251 e. The van der Waals surface area contributed by atoms with E-state index in [2.05, 4.69) is 23.7 Å². The molecular formula is C31H38FN5O2. The molecule has 4 rings (SSSR count). The van der Waals surface area contributed by atoms with E-state index < -0.39 is 17.6 Å². The predicted octanol–water partition coefficient (Wildman–Crippen LogP) is 5.47. The van der Waals surface area contributed by atoms with Gasteiger partial charge in [0, 0.05) is 49.3 Å². The molecule has 4 N–H and O–H groups in total. The van der Waals surface area contributed by atoms with Crippen LogP contribution in [-0.4, -0.2) is 40.8 Å². The highest BCUT2D eigenvalue weighted by molar-refractivity contribution is 5.97. The summed E-state index contributed by atoms with van der Waals surface area (Å²) in [5.74, 6) is -1.87. The third-order valence-corrected chi connectivity index (χ3v) is 7.52. The van der Waals surface area contributed by atoms with Crippen LogP contribution in [0.15, 0.2) is 54.9 Å². The van der Waals surface area contributed by atoms with Gasteiger partial charge >= 0.3 is 0 Å². The number of carbonyl (C=O) groups is 2. The Hall–Kier alpha value is -3.78. The number of rotatable bonds is 9. The van der Waals surface area contributed by atoms with Crippen LogP contribution in [-0.2, 0) is 6.54 Å². The summed E-state index contributed by atoms with van der Waals surface area (Å²) in [5.41, 5.74) is 15.8. The second-order valence-electron chi connectivity index (χ2n) is 10.9. The first-order valence-corrected chi connectivity index (χ1v) is 13.6. The zero-order valence-corrected chi connectivity index (χ0v) is 23.2. The highest BCUT2D eigenvalue weighted by atomic mass is 19.1. The molecule has 1 aromatic heterocycles. The van der Waals surface area contributed by atoms with E-state index in [1.165, 1.54) is 11.6 Å². The number of nitrogens with two attached hydrogens (primary N) is 2. The van der Waals surface area contributed by atoms with Crippen molar-refractivity contribution in [2.45, 2.75) is 65.0 Å². The Morgan fingerprint density at radius 1 is 0.897 bits per heavy atom. The van der Waals surface area contributed by atoms with Gasteiger partial charge in [0.25, 0.3) is 5.91 Å². The second kappa shape index (κ2) is 11.9. The second-order valence-corrected chi connectivity index (χ2v) is 10.9. The number of likely N-dealkylation sites (tertiary alicyclic amines) is 1. The lowest BCUT2D eigenvalue weighted by molar-refractivity contribution is 0.0989. The number of nitrogens with zero attached hydrogens (tertiary/aromatic N) is 3. The highest BCUT2D eigenvalue weighted by Crippen LogP contribution is 2.43. The summed E-state index contributed by atoms with van der Waals surface area (Å²) in [4.78, 5) is 33.0. The van der Waals surface area contributed by atoms with Crippen LogP contribution in [0, 0.1) is 5.82 Å². The van der Waals surface area contributed by atoms with E-state index in [9.17, 15) is 9.59 Å². The first-order chi connectivity index (χ1) is 18.6. The first kappa shape index (κ1) is 28.2. The van der Waals surface area contributed by atoms with Crippen molar-refractivity contribution in [1.82, 2.24) is 9.88 Å². The Bertz CT molecular complexity index is 1330. The Balaban J connectivity index is 1.82. The Morgan fingerprint density at radius 2 is 1.51 bits per heavy atom. The van der Waals surface area contributed by atoms with Crippen LogP contribution in [0.1, 0.15) is 89.8 Å². The lowest BCUT2D eigenvalue weighted by atomic mass is 9.84. The van der Waals surface area contributed by atoms with Crippen LogP contribution in [0.2, 0.25) is 0 Å². The first-order valence-electron chi connectivity index (χ1n) is 13.6. The van der Waals surface area contributed by atoms with Gasteiger partial charge in [-0.3, -0.25) is 19.5 Å². The molecule has 206 valence electrons. The molecule has 1 aliphatic rings. The zero-order chi connectivity index (χ0) is 28.3. The molecule has 3 aromatic rings. The molecule has 2 heterocycles. The van der Waals surface area contributed by atoms with Crippen molar-refractivity contribution in [2.75, 3.05) is 18.0 Å². The van der Waals surface area contributed by atoms with Crippen LogP contribution in [0.5, 0.6) is 0 Å². The van der Waals surface area contributed by atoms with Crippen LogP contribution >= 0.6 is 0 Å². The minimum atomic E-state index is -0.808. The normalized spacial score (nSPS) is 14.6. The largest absolute Gasteiger partial charge is 0.366 e. The van der Waals surface area contributed by atoms with Gasteiger partial charge in [0.05, 0.1) is 11.3 Å². The maximum atomic E-state index is 15.9. The molecule has 0 aliphatic carbocycles. The molecule has 8 heteroatoms. The van der Waals surface area contributed by atoms with E-state index in [4.69, 9.17) is 11.5 Å². The third kappa shape index (κ3) is 5.96. The minimum Gasteiger partial charge on any atom is -0.366 e. The van der Waals surface area contributed by atoms with Gasteiger partial charge in [0.2, 0.25) is 5.91 Å². The van der Waals surface area contributed by atoms with E-state index >= 15 is 4.39 Å². The number of amides is 2. The monoisotopic (exact) mass is 531 g/mol. The zero-order valence-electron chi connectivity index (χ0n) is 23.2. The molecular weight excluding hydrogens is 493 g/mol. The fourth-order valence-electron chi connectivity index (χ4n) is 5.78. The van der Waals surface area contributed by atoms with E-state index in [0.717, 1.165) is 49.3 Å². The summed E-state index contributed by atoms with van der Waals surface area (Å²) >= 11 is 0. The number of benzene rings is 2. The van der Waals surface area contributed by atoms with Gasteiger partial charge in [-0.2, -0.15) is 0 Å². The fourth-order valence-corrected chi connectivity index (χ4v) is 5.78. The number of halogens is 1. The molecule has 0 bridgehead atoms. The molecule has 0 saturated carbocycles. The summed E-state index contributed by atoms with van der Waals surface area (Å²) < 4.78 is 15.9. The molecule has 1 aliphatic heterocycles. The Kier molecular flexibility index (Phi) is 8.65. The van der Waals surface area contributed by atoms with Crippen LogP contribution < -0.4 is 16.4 Å². The number of hydrogen-bond acceptors (Lipinski definition) is 5. The summed E-state index contributed by atoms with van der Waals surface area (Å²) in [6.45, 7) is 10.7. The van der Waals surface area contributed by atoms with Crippen LogP contribution in [0.4, 0.5) is 15.8 Å². The summed E-state index contributed by atoms with van der Waals surface area (Å²) in [6, 6.07) is 12.4. The highest BCUT2D eigenvalue weighted by Gasteiger charge is 2.32. The molecule has 39 heavy (non-hydrogen) atoms. The lowest BCUT2D eigenvalue weighted by Gasteiger charge is -2.42. The van der Waals surface area contributed by atoms with Crippen LogP contribution in [0.3, 0.4) is 0 Å². The fraction of sp³-hybridized carbons (Fsp3) is 0.387. The van der Waals surface area contributed by atoms with E-state index in [1.54, 1.807) is 30.6 Å². The van der Waals surface area contributed by atoms with Gasteiger partial charge in [-0.25, -0.2) is 4.39 Å². The standard InChI is InChI=1S/C31H38FN5O2/c1-19(2)27-23(30(33)38)8-9-25(28(27)20(3)4)37(26-7-5-6-24(29(26)32)31(34)39)22-12-16-36(17-13-22)18-21-10-14-35-15-11-21/h5-11,14-15,19-20,22H,12-13,16-18H2,1-4H3,(H2,33,38)(H2,34,39). The maximum Gasteiger partial charge on any atom is 0.251 e. The third-order valence-electron chi connectivity index (χ3n) is 7.52. The summed E-state index contributed by atoms with van der Waals surface area (Å²) in [5, 5.41) is 0. The molecule has 2 amide bonds. The number of anilines is 2. The number of piperidine rings is 1. The van der Waals surface area contributed by atoms with Gasteiger partial charge in [-0.05, 0) is 77.8 Å². The molecule has 7 nitrogen and oxygen atoms in total. The van der Waals surface area contributed by atoms with E-state index in [-0.39, 0.29) is 23.4 Å². The van der Waals surface area contributed by atoms with E-state index in [1.807, 2.05) is 36.9 Å². The number of pyridine rings is 1. The van der Waals surface area contributed by atoms with E-state index in [0.29, 0.717) is 11.3 Å². The average Bonchev–Trinajstić information content (AvgIpc) is 2.90. The molecule has 0 unspecified atom stereocenters. The summed E-state index contributed by atoms with van der Waals surface area (Å²) in [6.07, 6.45) is 5.18. The van der Waals surface area contributed by atoms with Gasteiger partial charge in [-0.15, -0.1) is 0 Å². The van der Waals surface area contributed by atoms with Crippen molar-refractivity contribution >= 4 is 23.2 Å². The van der Waals surface area contributed by atoms with Crippen molar-refractivity contribution in [2.24, 2.45) is 11.5 Å². The number of hydrogen-bond donors (Lipinski definition) is 2. The molecule has 1 saturated heterocycles.